The molecule has 18 heavy (non-hydrogen) atoms. The number of likely N-dealkylation sites (tertiary alicyclic amines) is 1. The molecule has 0 aromatic carbocycles. The van der Waals surface area contributed by atoms with Gasteiger partial charge in [0.1, 0.15) is 17.5 Å². The molecule has 1 atom stereocenters. The first kappa shape index (κ1) is 13.1. The summed E-state index contributed by atoms with van der Waals surface area (Å²) < 4.78 is 0. The molecule has 100 valence electrons. The summed E-state index contributed by atoms with van der Waals surface area (Å²) in [5.41, 5.74) is 5.82. The molecule has 0 bridgehead atoms. The maximum atomic E-state index is 5.82. The summed E-state index contributed by atoms with van der Waals surface area (Å²) in [6.07, 6.45) is 4.34. The highest BCUT2D eigenvalue weighted by Crippen LogP contribution is 2.15. The molecule has 1 aromatic heterocycles. The lowest BCUT2D eigenvalue weighted by molar-refractivity contribution is 0.260. The van der Waals surface area contributed by atoms with E-state index in [1.54, 1.807) is 0 Å². The molecular weight excluding hydrogens is 226 g/mol. The third-order valence-corrected chi connectivity index (χ3v) is 3.24. The van der Waals surface area contributed by atoms with Crippen LogP contribution in [0.1, 0.15) is 32.0 Å². The molecule has 1 aliphatic heterocycles. The monoisotopic (exact) mass is 249 g/mol. The lowest BCUT2D eigenvalue weighted by Crippen LogP contribution is -2.40. The van der Waals surface area contributed by atoms with E-state index in [4.69, 9.17) is 5.73 Å². The first-order valence-corrected chi connectivity index (χ1v) is 6.76. The molecule has 2 rings (SSSR count). The average molecular weight is 249 g/mol. The van der Waals surface area contributed by atoms with Crippen molar-refractivity contribution in [3.8, 4) is 0 Å². The van der Waals surface area contributed by atoms with E-state index in [9.17, 15) is 0 Å². The Morgan fingerprint density at radius 3 is 3.06 bits per heavy atom. The van der Waals surface area contributed by atoms with Gasteiger partial charge in [0.2, 0.25) is 0 Å². The number of hydrogen-bond acceptors (Lipinski definition) is 5. The van der Waals surface area contributed by atoms with Crippen LogP contribution in [0.3, 0.4) is 0 Å². The van der Waals surface area contributed by atoms with Gasteiger partial charge in [0.25, 0.3) is 0 Å². The van der Waals surface area contributed by atoms with Gasteiger partial charge >= 0.3 is 0 Å². The summed E-state index contributed by atoms with van der Waals surface area (Å²) in [5.74, 6) is 2.26. The maximum absolute atomic E-state index is 5.82. The topological polar surface area (TPSA) is 67.1 Å². The Kier molecular flexibility index (Phi) is 4.36. The number of aryl methyl sites for hydroxylation is 1. The number of nitrogens with one attached hydrogen (secondary N) is 1. The van der Waals surface area contributed by atoms with Gasteiger partial charge in [0, 0.05) is 25.1 Å². The van der Waals surface area contributed by atoms with E-state index in [2.05, 4.69) is 34.2 Å². The fourth-order valence-electron chi connectivity index (χ4n) is 2.42. The van der Waals surface area contributed by atoms with Crippen molar-refractivity contribution >= 4 is 11.6 Å². The molecule has 5 heteroatoms. The Hall–Kier alpha value is -1.36. The van der Waals surface area contributed by atoms with Gasteiger partial charge in [-0.25, -0.2) is 9.97 Å². The Morgan fingerprint density at radius 1 is 1.50 bits per heavy atom. The first-order valence-electron chi connectivity index (χ1n) is 6.76. The highest BCUT2D eigenvalue weighted by molar-refractivity contribution is 5.45. The van der Waals surface area contributed by atoms with Gasteiger partial charge < -0.3 is 16.0 Å². The van der Waals surface area contributed by atoms with Crippen molar-refractivity contribution in [2.24, 2.45) is 0 Å². The van der Waals surface area contributed by atoms with Gasteiger partial charge in [0.05, 0.1) is 0 Å². The highest BCUT2D eigenvalue weighted by atomic mass is 15.2. The summed E-state index contributed by atoms with van der Waals surface area (Å²) in [4.78, 5) is 11.1. The van der Waals surface area contributed by atoms with E-state index in [1.165, 1.54) is 19.4 Å². The smallest absolute Gasteiger partial charge is 0.133 e. The van der Waals surface area contributed by atoms with Crippen LogP contribution in [0.2, 0.25) is 0 Å². The molecule has 0 aliphatic carbocycles. The zero-order valence-corrected chi connectivity index (χ0v) is 11.3. The normalized spacial score (nSPS) is 20.9. The van der Waals surface area contributed by atoms with Crippen molar-refractivity contribution in [1.29, 1.82) is 0 Å². The fourth-order valence-corrected chi connectivity index (χ4v) is 2.42. The molecule has 5 nitrogen and oxygen atoms in total. The van der Waals surface area contributed by atoms with E-state index in [-0.39, 0.29) is 0 Å². The molecule has 3 N–H and O–H groups in total. The van der Waals surface area contributed by atoms with Gasteiger partial charge in [-0.05, 0) is 32.9 Å². The summed E-state index contributed by atoms with van der Waals surface area (Å²) in [7, 11) is 2.16. The summed E-state index contributed by atoms with van der Waals surface area (Å²) >= 11 is 0. The van der Waals surface area contributed by atoms with E-state index in [0.717, 1.165) is 31.0 Å². The highest BCUT2D eigenvalue weighted by Gasteiger charge is 2.17. The maximum Gasteiger partial charge on any atom is 0.133 e. The molecule has 1 aromatic rings. The molecular formula is C13H23N5. The average Bonchev–Trinajstić information content (AvgIpc) is 2.28. The van der Waals surface area contributed by atoms with Crippen molar-refractivity contribution in [1.82, 2.24) is 14.9 Å². The number of nitrogen functional groups attached to an aromatic ring is 1. The zero-order valence-electron chi connectivity index (χ0n) is 11.3. The van der Waals surface area contributed by atoms with Crippen molar-refractivity contribution in [3.63, 3.8) is 0 Å². The molecule has 1 fully saturated rings. The van der Waals surface area contributed by atoms with E-state index < -0.39 is 0 Å². The van der Waals surface area contributed by atoms with Crippen molar-refractivity contribution in [3.05, 3.63) is 11.9 Å². The molecule has 2 heterocycles. The Bertz CT molecular complexity index is 393. The minimum absolute atomic E-state index is 0.465. The largest absolute Gasteiger partial charge is 0.384 e. The standard InChI is InChI=1S/C13H23N5/c1-3-5-12-16-11(14)8-13(17-12)15-10-6-4-7-18(2)9-10/h8,10H,3-7,9H2,1-2H3,(H3,14,15,16,17). The van der Waals surface area contributed by atoms with Crippen LogP contribution in [0.4, 0.5) is 11.6 Å². The van der Waals surface area contributed by atoms with Gasteiger partial charge in [-0.1, -0.05) is 6.92 Å². The predicted molar refractivity (Wildman–Crippen MR) is 74.6 cm³/mol. The number of anilines is 2. The van der Waals surface area contributed by atoms with Gasteiger partial charge in [-0.15, -0.1) is 0 Å². The fraction of sp³-hybridized carbons (Fsp3) is 0.692. The van der Waals surface area contributed by atoms with Crippen molar-refractivity contribution in [2.45, 2.75) is 38.6 Å². The second-order valence-corrected chi connectivity index (χ2v) is 5.09. The summed E-state index contributed by atoms with van der Waals surface area (Å²) in [6.45, 7) is 4.37. The molecule has 0 radical (unpaired) electrons. The lowest BCUT2D eigenvalue weighted by atomic mass is 10.1. The first-order chi connectivity index (χ1) is 8.67. The number of likely N-dealkylation sites (N-methyl/N-ethyl adjacent to an activating group) is 1. The minimum atomic E-state index is 0.465. The van der Waals surface area contributed by atoms with E-state index in [1.807, 2.05) is 6.07 Å². The third-order valence-electron chi connectivity index (χ3n) is 3.24. The number of aromatic nitrogens is 2. The second kappa shape index (κ2) is 6.00. The SMILES string of the molecule is CCCc1nc(N)cc(NC2CCCN(C)C2)n1. The predicted octanol–water partition coefficient (Wildman–Crippen LogP) is 1.52. The van der Waals surface area contributed by atoms with Crippen LogP contribution in [0.15, 0.2) is 6.07 Å². The van der Waals surface area contributed by atoms with Gasteiger partial charge in [-0.3, -0.25) is 0 Å². The van der Waals surface area contributed by atoms with Crippen LogP contribution in [0.5, 0.6) is 0 Å². The Balaban J connectivity index is 2.03. The zero-order chi connectivity index (χ0) is 13.0. The number of rotatable bonds is 4. The summed E-state index contributed by atoms with van der Waals surface area (Å²) in [6, 6.07) is 2.29. The van der Waals surface area contributed by atoms with Gasteiger partial charge in [-0.2, -0.15) is 0 Å². The van der Waals surface area contributed by atoms with Crippen molar-refractivity contribution in [2.75, 3.05) is 31.2 Å². The molecule has 1 unspecified atom stereocenters. The van der Waals surface area contributed by atoms with E-state index in [0.29, 0.717) is 11.9 Å². The number of piperidine rings is 1. The molecule has 0 amide bonds. The van der Waals surface area contributed by atoms with Crippen LogP contribution in [-0.2, 0) is 6.42 Å². The van der Waals surface area contributed by atoms with Crippen LogP contribution in [0.25, 0.3) is 0 Å². The number of nitrogens with two attached hydrogens (primary N) is 1. The Labute approximate surface area is 109 Å². The molecule has 0 spiro atoms. The van der Waals surface area contributed by atoms with Crippen LogP contribution in [-0.4, -0.2) is 41.0 Å². The van der Waals surface area contributed by atoms with Gasteiger partial charge in [0.15, 0.2) is 0 Å². The molecule has 1 aliphatic rings. The molecule has 0 saturated carbocycles. The quantitative estimate of drug-likeness (QED) is 0.847. The second-order valence-electron chi connectivity index (χ2n) is 5.09. The van der Waals surface area contributed by atoms with Crippen LogP contribution >= 0.6 is 0 Å². The lowest BCUT2D eigenvalue weighted by Gasteiger charge is -2.30. The van der Waals surface area contributed by atoms with Crippen LogP contribution in [0, 0.1) is 0 Å². The van der Waals surface area contributed by atoms with E-state index >= 15 is 0 Å². The Morgan fingerprint density at radius 2 is 2.33 bits per heavy atom. The molecule has 1 saturated heterocycles. The minimum Gasteiger partial charge on any atom is -0.384 e. The number of hydrogen-bond donors (Lipinski definition) is 2. The van der Waals surface area contributed by atoms with Crippen molar-refractivity contribution < 1.29 is 0 Å². The summed E-state index contributed by atoms with van der Waals surface area (Å²) in [5, 5.41) is 3.48. The third kappa shape index (κ3) is 3.57. The van der Waals surface area contributed by atoms with Crippen LogP contribution < -0.4 is 11.1 Å². The number of nitrogens with zero attached hydrogens (tertiary/aromatic N) is 3.